The molecule has 0 aliphatic carbocycles. The SMILES string of the molecule is CCCC(OP(O)F)(c1ccc(C)cc1C)c1ccc(C)cc1C. The Bertz CT molecular complexity index is 661. The van der Waals surface area contributed by atoms with E-state index in [1.54, 1.807) is 0 Å². The maximum atomic E-state index is 13.7. The zero-order valence-corrected chi connectivity index (χ0v) is 16.0. The summed E-state index contributed by atoms with van der Waals surface area (Å²) in [5.74, 6) is 0. The standard InChI is InChI=1S/C20H26FO2P/c1-6-11-20(23-24(21)22,18-9-7-14(2)12-16(18)4)19-10-8-15(3)13-17(19)5/h7-10,12-13,22H,6,11H2,1-5H3. The van der Waals surface area contributed by atoms with E-state index in [0.29, 0.717) is 6.42 Å². The Morgan fingerprint density at radius 2 is 1.42 bits per heavy atom. The van der Waals surface area contributed by atoms with E-state index in [9.17, 15) is 9.09 Å². The number of hydrogen-bond acceptors (Lipinski definition) is 2. The van der Waals surface area contributed by atoms with Gasteiger partial charge in [0.25, 0.3) is 0 Å². The minimum atomic E-state index is -2.99. The van der Waals surface area contributed by atoms with Gasteiger partial charge in [0.05, 0.1) is 0 Å². The summed E-state index contributed by atoms with van der Waals surface area (Å²) in [6.07, 6.45) is 1.41. The molecule has 0 heterocycles. The van der Waals surface area contributed by atoms with Crippen molar-refractivity contribution in [1.29, 1.82) is 0 Å². The quantitative estimate of drug-likeness (QED) is 0.633. The average molecular weight is 348 g/mol. The molecule has 2 aromatic carbocycles. The highest BCUT2D eigenvalue weighted by Crippen LogP contribution is 2.50. The van der Waals surface area contributed by atoms with Crippen LogP contribution < -0.4 is 0 Å². The summed E-state index contributed by atoms with van der Waals surface area (Å²) in [5.41, 5.74) is 5.24. The van der Waals surface area contributed by atoms with Gasteiger partial charge in [-0.2, -0.15) is 4.20 Å². The molecule has 4 heteroatoms. The third-order valence-electron chi connectivity index (χ3n) is 4.47. The molecule has 0 aliphatic rings. The second-order valence-corrected chi connectivity index (χ2v) is 7.17. The molecule has 0 saturated heterocycles. The highest BCUT2D eigenvalue weighted by Gasteiger charge is 2.40. The summed E-state index contributed by atoms with van der Waals surface area (Å²) in [7, 11) is -2.99. The molecule has 130 valence electrons. The van der Waals surface area contributed by atoms with Crippen LogP contribution in [0, 0.1) is 27.7 Å². The zero-order valence-electron chi connectivity index (χ0n) is 15.1. The number of aryl methyl sites for hydroxylation is 4. The van der Waals surface area contributed by atoms with E-state index in [2.05, 4.69) is 12.1 Å². The van der Waals surface area contributed by atoms with E-state index >= 15 is 0 Å². The lowest BCUT2D eigenvalue weighted by Gasteiger charge is -2.36. The Hall–Kier alpha value is -1.28. The molecular weight excluding hydrogens is 322 g/mol. The van der Waals surface area contributed by atoms with Crippen LogP contribution in [0.5, 0.6) is 0 Å². The molecule has 0 spiro atoms. The van der Waals surface area contributed by atoms with E-state index in [0.717, 1.165) is 39.8 Å². The molecule has 0 bridgehead atoms. The monoisotopic (exact) mass is 348 g/mol. The van der Waals surface area contributed by atoms with Crippen molar-refractivity contribution < 1.29 is 13.6 Å². The molecular formula is C20H26FO2P. The molecule has 2 rings (SSSR count). The first kappa shape index (κ1) is 19.1. The van der Waals surface area contributed by atoms with Crippen LogP contribution >= 0.6 is 8.69 Å². The Labute approximate surface area is 145 Å². The Balaban J connectivity index is 2.76. The van der Waals surface area contributed by atoms with E-state index < -0.39 is 14.3 Å². The van der Waals surface area contributed by atoms with Crippen LogP contribution in [0.3, 0.4) is 0 Å². The van der Waals surface area contributed by atoms with Gasteiger partial charge in [-0.1, -0.05) is 60.9 Å². The fourth-order valence-electron chi connectivity index (χ4n) is 3.57. The molecule has 2 aromatic rings. The lowest BCUT2D eigenvalue weighted by molar-refractivity contribution is 0.0892. The van der Waals surface area contributed by atoms with Gasteiger partial charge in [-0.05, 0) is 56.4 Å². The minimum Gasteiger partial charge on any atom is -0.325 e. The summed E-state index contributed by atoms with van der Waals surface area (Å²) in [6.45, 7) is 10.1. The molecule has 0 amide bonds. The van der Waals surface area contributed by atoms with Gasteiger partial charge >= 0.3 is 8.69 Å². The molecule has 1 atom stereocenters. The topological polar surface area (TPSA) is 29.5 Å². The number of halogens is 1. The van der Waals surface area contributed by atoms with Crippen LogP contribution in [0.15, 0.2) is 36.4 Å². The van der Waals surface area contributed by atoms with Gasteiger partial charge in [0.1, 0.15) is 5.60 Å². The van der Waals surface area contributed by atoms with Gasteiger partial charge in [-0.3, -0.25) is 4.52 Å². The molecule has 0 fully saturated rings. The molecule has 2 nitrogen and oxygen atoms in total. The first-order valence-electron chi connectivity index (χ1n) is 8.29. The summed E-state index contributed by atoms with van der Waals surface area (Å²) < 4.78 is 19.4. The minimum absolute atomic E-state index is 0.601. The van der Waals surface area contributed by atoms with Crippen molar-refractivity contribution in [1.82, 2.24) is 0 Å². The summed E-state index contributed by atoms with van der Waals surface area (Å²) in [5, 5.41) is 0. The van der Waals surface area contributed by atoms with Crippen LogP contribution in [0.2, 0.25) is 0 Å². The first-order valence-corrected chi connectivity index (χ1v) is 9.40. The van der Waals surface area contributed by atoms with Gasteiger partial charge in [0.2, 0.25) is 0 Å². The summed E-state index contributed by atoms with van der Waals surface area (Å²) >= 11 is 0. The lowest BCUT2D eigenvalue weighted by Crippen LogP contribution is -2.31. The van der Waals surface area contributed by atoms with Crippen LogP contribution in [-0.4, -0.2) is 4.89 Å². The lowest BCUT2D eigenvalue weighted by atomic mass is 9.78. The predicted molar refractivity (Wildman–Crippen MR) is 98.9 cm³/mol. The van der Waals surface area contributed by atoms with Crippen molar-refractivity contribution in [3.63, 3.8) is 0 Å². The van der Waals surface area contributed by atoms with Crippen molar-refractivity contribution in [3.8, 4) is 0 Å². The molecule has 1 N–H and O–H groups in total. The fraction of sp³-hybridized carbons (Fsp3) is 0.400. The molecule has 0 saturated carbocycles. The normalized spacial score (nSPS) is 13.1. The maximum Gasteiger partial charge on any atom is 0.373 e. The zero-order chi connectivity index (χ0) is 17.9. The number of rotatable bonds is 6. The van der Waals surface area contributed by atoms with Crippen molar-refractivity contribution in [2.24, 2.45) is 0 Å². The fourth-order valence-corrected chi connectivity index (χ4v) is 4.12. The number of benzene rings is 2. The Kier molecular flexibility index (Phi) is 6.14. The van der Waals surface area contributed by atoms with Gasteiger partial charge in [-0.25, -0.2) is 0 Å². The maximum absolute atomic E-state index is 13.7. The van der Waals surface area contributed by atoms with Crippen LogP contribution in [0.4, 0.5) is 4.20 Å². The highest BCUT2D eigenvalue weighted by atomic mass is 31.2. The first-order chi connectivity index (χ1) is 11.3. The van der Waals surface area contributed by atoms with Crippen molar-refractivity contribution >= 4 is 8.69 Å². The Morgan fingerprint density at radius 3 is 1.75 bits per heavy atom. The van der Waals surface area contributed by atoms with E-state index in [4.69, 9.17) is 4.52 Å². The molecule has 24 heavy (non-hydrogen) atoms. The van der Waals surface area contributed by atoms with Gasteiger partial charge in [0.15, 0.2) is 0 Å². The molecule has 0 aliphatic heterocycles. The third kappa shape index (κ3) is 3.85. The Morgan fingerprint density at radius 1 is 0.958 bits per heavy atom. The largest absolute Gasteiger partial charge is 0.373 e. The van der Waals surface area contributed by atoms with Crippen molar-refractivity contribution in [2.45, 2.75) is 53.1 Å². The number of hydrogen-bond donors (Lipinski definition) is 1. The second-order valence-electron chi connectivity index (χ2n) is 6.53. The smallest absolute Gasteiger partial charge is 0.325 e. The predicted octanol–water partition coefficient (Wildman–Crippen LogP) is 6.17. The van der Waals surface area contributed by atoms with E-state index in [-0.39, 0.29) is 0 Å². The molecule has 0 radical (unpaired) electrons. The molecule has 1 unspecified atom stereocenters. The van der Waals surface area contributed by atoms with Crippen molar-refractivity contribution in [2.75, 3.05) is 0 Å². The van der Waals surface area contributed by atoms with E-state index in [1.165, 1.54) is 0 Å². The van der Waals surface area contributed by atoms with Crippen LogP contribution in [0.25, 0.3) is 0 Å². The van der Waals surface area contributed by atoms with Gasteiger partial charge < -0.3 is 4.89 Å². The molecule has 0 aromatic heterocycles. The third-order valence-corrected chi connectivity index (χ3v) is 4.93. The van der Waals surface area contributed by atoms with Crippen molar-refractivity contribution in [3.05, 3.63) is 69.8 Å². The summed E-state index contributed by atoms with van der Waals surface area (Å²) in [4.78, 5) is 9.50. The van der Waals surface area contributed by atoms with Crippen LogP contribution in [-0.2, 0) is 10.1 Å². The second kappa shape index (κ2) is 7.74. The highest BCUT2D eigenvalue weighted by molar-refractivity contribution is 7.40. The van der Waals surface area contributed by atoms with Gasteiger partial charge in [0, 0.05) is 0 Å². The summed E-state index contributed by atoms with van der Waals surface area (Å²) in [6, 6.07) is 12.2. The average Bonchev–Trinajstić information content (AvgIpc) is 2.46. The van der Waals surface area contributed by atoms with Crippen LogP contribution in [0.1, 0.15) is 53.1 Å². The van der Waals surface area contributed by atoms with Gasteiger partial charge in [-0.15, -0.1) is 0 Å². The van der Waals surface area contributed by atoms with E-state index in [1.807, 2.05) is 58.9 Å².